The number of carbonyl (C=O) groups excluding carboxylic acids is 1. The van der Waals surface area contributed by atoms with E-state index >= 15 is 0 Å². The van der Waals surface area contributed by atoms with Gasteiger partial charge in [0.25, 0.3) is 0 Å². The number of aryl methyl sites for hydroxylation is 1. The summed E-state index contributed by atoms with van der Waals surface area (Å²) in [5, 5.41) is 3.26. The summed E-state index contributed by atoms with van der Waals surface area (Å²) in [5.41, 5.74) is 4.43. The van der Waals surface area contributed by atoms with Gasteiger partial charge in [-0.15, -0.1) is 0 Å². The zero-order valence-electron chi connectivity index (χ0n) is 12.9. The first kappa shape index (κ1) is 15.5. The van der Waals surface area contributed by atoms with Crippen molar-refractivity contribution in [1.82, 2.24) is 4.98 Å². The first-order valence-electron chi connectivity index (χ1n) is 7.33. The van der Waals surface area contributed by atoms with E-state index in [0.717, 1.165) is 28.2 Å². The van der Waals surface area contributed by atoms with Crippen LogP contribution in [0.15, 0.2) is 35.5 Å². The minimum atomic E-state index is -0.491. The average Bonchev–Trinajstić information content (AvgIpc) is 2.92. The second kappa shape index (κ2) is 6.38. The van der Waals surface area contributed by atoms with Gasteiger partial charge in [0, 0.05) is 34.5 Å². The number of fused-ring (bicyclic) bond motifs is 1. The Morgan fingerprint density at radius 2 is 2.22 bits per heavy atom. The van der Waals surface area contributed by atoms with Crippen LogP contribution in [0.1, 0.15) is 23.6 Å². The van der Waals surface area contributed by atoms with Crippen molar-refractivity contribution in [2.45, 2.75) is 20.3 Å². The lowest BCUT2D eigenvalue weighted by Crippen LogP contribution is -2.14. The van der Waals surface area contributed by atoms with E-state index < -0.39 is 6.09 Å². The van der Waals surface area contributed by atoms with Crippen LogP contribution in [0.25, 0.3) is 0 Å². The van der Waals surface area contributed by atoms with Crippen LogP contribution in [0.4, 0.5) is 16.3 Å². The summed E-state index contributed by atoms with van der Waals surface area (Å²) in [6, 6.07) is 7.35. The smallest absolute Gasteiger partial charge is 0.411 e. The van der Waals surface area contributed by atoms with Crippen LogP contribution in [0.2, 0.25) is 5.02 Å². The molecule has 1 aromatic heterocycles. The highest BCUT2D eigenvalue weighted by atomic mass is 35.5. The molecule has 23 heavy (non-hydrogen) atoms. The summed E-state index contributed by atoms with van der Waals surface area (Å²) in [5.74, 6) is 0.727. The Labute approximate surface area is 139 Å². The molecular formula is C17H16ClN3O2. The molecule has 2 aromatic rings. The Balaban J connectivity index is 1.88. The largest absolute Gasteiger partial charge is 0.450 e. The number of aliphatic imine (C=N–C) groups is 1. The maximum Gasteiger partial charge on any atom is 0.411 e. The molecule has 1 aliphatic rings. The minimum absolute atomic E-state index is 0.319. The maximum atomic E-state index is 11.5. The van der Waals surface area contributed by atoms with Gasteiger partial charge in [-0.2, -0.15) is 0 Å². The molecule has 0 saturated heterocycles. The first-order valence-corrected chi connectivity index (χ1v) is 7.71. The highest BCUT2D eigenvalue weighted by molar-refractivity contribution is 6.34. The second-order valence-electron chi connectivity index (χ2n) is 5.27. The van der Waals surface area contributed by atoms with Gasteiger partial charge in [-0.05, 0) is 37.6 Å². The van der Waals surface area contributed by atoms with Crippen LogP contribution in [-0.4, -0.2) is 23.4 Å². The number of benzene rings is 1. The van der Waals surface area contributed by atoms with Crippen LogP contribution >= 0.6 is 11.6 Å². The number of nitrogens with one attached hydrogen (secondary N) is 1. The van der Waals surface area contributed by atoms with Crippen molar-refractivity contribution in [3.63, 3.8) is 0 Å². The van der Waals surface area contributed by atoms with Crippen molar-refractivity contribution >= 4 is 34.9 Å². The van der Waals surface area contributed by atoms with E-state index in [1.165, 1.54) is 0 Å². The standard InChI is InChI=1S/C17H16ClN3O2/c1-3-23-17(22)20-12-4-5-14(18)13(8-12)15-7-11-6-10(2)9-19-16(11)21-15/h4-6,8-9H,3,7H2,1-2H3,(H,20,22). The summed E-state index contributed by atoms with van der Waals surface area (Å²) in [4.78, 5) is 20.4. The van der Waals surface area contributed by atoms with E-state index in [4.69, 9.17) is 16.3 Å². The van der Waals surface area contributed by atoms with Gasteiger partial charge >= 0.3 is 6.09 Å². The SMILES string of the molecule is CCOC(=O)Nc1ccc(Cl)c(C2=Nc3ncc(C)cc3C2)c1. The summed E-state index contributed by atoms with van der Waals surface area (Å²) >= 11 is 6.30. The van der Waals surface area contributed by atoms with Crippen LogP contribution < -0.4 is 5.32 Å². The van der Waals surface area contributed by atoms with E-state index in [9.17, 15) is 4.79 Å². The molecule has 0 atom stereocenters. The Bertz CT molecular complexity index is 802. The van der Waals surface area contributed by atoms with Gasteiger partial charge in [0.15, 0.2) is 5.82 Å². The molecule has 0 spiro atoms. The zero-order chi connectivity index (χ0) is 16.4. The summed E-state index contributed by atoms with van der Waals surface area (Å²) in [7, 11) is 0. The molecule has 0 aliphatic carbocycles. The molecule has 0 radical (unpaired) electrons. The van der Waals surface area contributed by atoms with E-state index in [1.807, 2.05) is 6.92 Å². The predicted octanol–water partition coefficient (Wildman–Crippen LogP) is 4.29. The minimum Gasteiger partial charge on any atom is -0.450 e. The maximum absolute atomic E-state index is 11.5. The molecule has 1 aromatic carbocycles. The fourth-order valence-corrected chi connectivity index (χ4v) is 2.69. The summed E-state index contributed by atoms with van der Waals surface area (Å²) in [6.07, 6.45) is 1.98. The van der Waals surface area contributed by atoms with Crippen molar-refractivity contribution in [3.05, 3.63) is 52.2 Å². The van der Waals surface area contributed by atoms with Gasteiger partial charge in [0.2, 0.25) is 0 Å². The number of hydrogen-bond donors (Lipinski definition) is 1. The van der Waals surface area contributed by atoms with Crippen LogP contribution in [0.3, 0.4) is 0 Å². The first-order chi connectivity index (χ1) is 11.1. The fraction of sp³-hybridized carbons (Fsp3) is 0.235. The van der Waals surface area contributed by atoms with Gasteiger partial charge in [0.1, 0.15) is 0 Å². The van der Waals surface area contributed by atoms with Gasteiger partial charge in [-0.1, -0.05) is 17.7 Å². The molecular weight excluding hydrogens is 314 g/mol. The van der Waals surface area contributed by atoms with Gasteiger partial charge in [-0.25, -0.2) is 14.8 Å². The number of rotatable bonds is 3. The molecule has 118 valence electrons. The number of anilines is 1. The number of nitrogens with zero attached hydrogens (tertiary/aromatic N) is 2. The monoisotopic (exact) mass is 329 g/mol. The Morgan fingerprint density at radius 3 is 3.00 bits per heavy atom. The van der Waals surface area contributed by atoms with E-state index in [1.54, 1.807) is 31.3 Å². The summed E-state index contributed by atoms with van der Waals surface area (Å²) in [6.45, 7) is 4.08. The molecule has 0 saturated carbocycles. The highest BCUT2D eigenvalue weighted by Gasteiger charge is 2.19. The lowest BCUT2D eigenvalue weighted by atomic mass is 10.0. The van der Waals surface area contributed by atoms with Crippen molar-refractivity contribution < 1.29 is 9.53 Å². The molecule has 1 amide bonds. The van der Waals surface area contributed by atoms with Crippen LogP contribution in [0.5, 0.6) is 0 Å². The number of ether oxygens (including phenoxy) is 1. The van der Waals surface area contributed by atoms with Crippen LogP contribution in [-0.2, 0) is 11.2 Å². The zero-order valence-corrected chi connectivity index (χ0v) is 13.6. The van der Waals surface area contributed by atoms with Crippen molar-refractivity contribution in [2.24, 2.45) is 4.99 Å². The number of halogens is 1. The van der Waals surface area contributed by atoms with E-state index in [0.29, 0.717) is 23.7 Å². The highest BCUT2D eigenvalue weighted by Crippen LogP contribution is 2.31. The number of hydrogen-bond acceptors (Lipinski definition) is 4. The van der Waals surface area contributed by atoms with Crippen molar-refractivity contribution in [2.75, 3.05) is 11.9 Å². The predicted molar refractivity (Wildman–Crippen MR) is 91.0 cm³/mol. The number of carbonyl (C=O) groups is 1. The number of aromatic nitrogens is 1. The molecule has 1 aliphatic heterocycles. The molecule has 5 nitrogen and oxygen atoms in total. The van der Waals surface area contributed by atoms with Crippen LogP contribution in [0, 0.1) is 6.92 Å². The van der Waals surface area contributed by atoms with Gasteiger partial charge in [0.05, 0.1) is 12.3 Å². The Hall–Kier alpha value is -2.40. The third-order valence-electron chi connectivity index (χ3n) is 3.48. The molecule has 2 heterocycles. The Morgan fingerprint density at radius 1 is 1.39 bits per heavy atom. The Kier molecular flexibility index (Phi) is 4.30. The quantitative estimate of drug-likeness (QED) is 0.913. The second-order valence-corrected chi connectivity index (χ2v) is 5.68. The third-order valence-corrected chi connectivity index (χ3v) is 3.81. The van der Waals surface area contributed by atoms with E-state index in [2.05, 4.69) is 21.4 Å². The summed E-state index contributed by atoms with van der Waals surface area (Å²) < 4.78 is 4.88. The molecule has 0 fully saturated rings. The molecule has 3 rings (SSSR count). The third kappa shape index (κ3) is 3.35. The number of pyridine rings is 1. The normalized spacial score (nSPS) is 12.6. The molecule has 6 heteroatoms. The molecule has 1 N–H and O–H groups in total. The average molecular weight is 330 g/mol. The van der Waals surface area contributed by atoms with Gasteiger partial charge < -0.3 is 4.74 Å². The van der Waals surface area contributed by atoms with E-state index in [-0.39, 0.29) is 0 Å². The lowest BCUT2D eigenvalue weighted by molar-refractivity contribution is 0.168. The molecule has 0 bridgehead atoms. The fourth-order valence-electron chi connectivity index (χ4n) is 2.47. The van der Waals surface area contributed by atoms with Crippen molar-refractivity contribution in [1.29, 1.82) is 0 Å². The molecule has 0 unspecified atom stereocenters. The van der Waals surface area contributed by atoms with Gasteiger partial charge in [-0.3, -0.25) is 5.32 Å². The lowest BCUT2D eigenvalue weighted by Gasteiger charge is -2.09. The number of amides is 1. The topological polar surface area (TPSA) is 63.6 Å². The van der Waals surface area contributed by atoms with Crippen molar-refractivity contribution in [3.8, 4) is 0 Å².